The first kappa shape index (κ1) is 12.9. The van der Waals surface area contributed by atoms with Gasteiger partial charge in [-0.05, 0) is 0 Å². The molecule has 0 radical (unpaired) electrons. The Morgan fingerprint density at radius 3 is 2.81 bits per heavy atom. The molecule has 0 saturated carbocycles. The normalized spacial score (nSPS) is 13.1. The molecule has 0 aromatic carbocycles. The van der Waals surface area contributed by atoms with Gasteiger partial charge in [0, 0.05) is 17.3 Å². The van der Waals surface area contributed by atoms with E-state index in [-0.39, 0.29) is 11.5 Å². The first-order valence-electron chi connectivity index (χ1n) is 5.19. The first-order valence-corrected chi connectivity index (χ1v) is 6.07. The monoisotopic (exact) mass is 235 g/mol. The number of aromatic nitrogens is 1. The fourth-order valence-corrected chi connectivity index (χ4v) is 2.11. The van der Waals surface area contributed by atoms with E-state index in [0.29, 0.717) is 6.54 Å². The molecule has 86 valence electrons. The molecule has 0 aliphatic carbocycles. The SMILES string of the molecule is C=CCNC(C#N)c1csc(C(C)(C)C)n1. The van der Waals surface area contributed by atoms with Crippen molar-refractivity contribution in [2.75, 3.05) is 6.54 Å². The first-order chi connectivity index (χ1) is 7.49. The lowest BCUT2D eigenvalue weighted by molar-refractivity contribution is 0.577. The maximum Gasteiger partial charge on any atom is 0.139 e. The molecule has 0 spiro atoms. The summed E-state index contributed by atoms with van der Waals surface area (Å²) in [6, 6.07) is 1.86. The van der Waals surface area contributed by atoms with E-state index >= 15 is 0 Å². The summed E-state index contributed by atoms with van der Waals surface area (Å²) < 4.78 is 0. The molecular formula is C12H17N3S. The van der Waals surface area contributed by atoms with Crippen molar-refractivity contribution in [1.29, 1.82) is 5.26 Å². The van der Waals surface area contributed by atoms with Gasteiger partial charge in [0.1, 0.15) is 6.04 Å². The van der Waals surface area contributed by atoms with Crippen molar-refractivity contribution in [2.45, 2.75) is 32.2 Å². The molecule has 0 aliphatic rings. The second-order valence-corrected chi connectivity index (χ2v) is 5.44. The Hall–Kier alpha value is -1.18. The molecule has 1 aromatic heterocycles. The highest BCUT2D eigenvalue weighted by Gasteiger charge is 2.20. The number of nitriles is 1. The molecule has 0 amide bonds. The fraction of sp³-hybridized carbons (Fsp3) is 0.500. The van der Waals surface area contributed by atoms with E-state index in [4.69, 9.17) is 5.26 Å². The minimum Gasteiger partial charge on any atom is -0.293 e. The third-order valence-electron chi connectivity index (χ3n) is 2.05. The predicted octanol–water partition coefficient (Wildman–Crippen LogP) is 2.78. The van der Waals surface area contributed by atoms with Crippen molar-refractivity contribution >= 4 is 11.3 Å². The molecule has 3 nitrogen and oxygen atoms in total. The van der Waals surface area contributed by atoms with Gasteiger partial charge in [-0.25, -0.2) is 4.98 Å². The van der Waals surface area contributed by atoms with E-state index in [0.717, 1.165) is 10.7 Å². The Labute approximate surface area is 101 Å². The number of hydrogen-bond donors (Lipinski definition) is 1. The molecule has 1 aromatic rings. The lowest BCUT2D eigenvalue weighted by Crippen LogP contribution is -2.20. The maximum atomic E-state index is 9.04. The van der Waals surface area contributed by atoms with Crippen LogP contribution < -0.4 is 5.32 Å². The average Bonchev–Trinajstić information content (AvgIpc) is 2.68. The molecule has 1 unspecified atom stereocenters. The Morgan fingerprint density at radius 1 is 1.69 bits per heavy atom. The molecule has 0 aliphatic heterocycles. The van der Waals surface area contributed by atoms with Crippen molar-refractivity contribution in [2.24, 2.45) is 0 Å². The van der Waals surface area contributed by atoms with Crippen LogP contribution in [0.2, 0.25) is 0 Å². The van der Waals surface area contributed by atoms with Gasteiger partial charge in [-0.1, -0.05) is 26.8 Å². The summed E-state index contributed by atoms with van der Waals surface area (Å²) in [7, 11) is 0. The summed E-state index contributed by atoms with van der Waals surface area (Å²) in [5.74, 6) is 0. The second-order valence-electron chi connectivity index (χ2n) is 4.59. The van der Waals surface area contributed by atoms with Crippen LogP contribution in [0.1, 0.15) is 37.5 Å². The van der Waals surface area contributed by atoms with Crippen LogP contribution >= 0.6 is 11.3 Å². The zero-order valence-electron chi connectivity index (χ0n) is 9.95. The standard InChI is InChI=1S/C12H17N3S/c1-5-6-14-9(7-13)10-8-16-11(15-10)12(2,3)4/h5,8-9,14H,1,6H2,2-4H3. The third kappa shape index (κ3) is 3.16. The molecule has 0 fully saturated rings. The topological polar surface area (TPSA) is 48.7 Å². The van der Waals surface area contributed by atoms with Gasteiger partial charge in [0.2, 0.25) is 0 Å². The summed E-state index contributed by atoms with van der Waals surface area (Å²) in [5.41, 5.74) is 0.848. The number of hydrogen-bond acceptors (Lipinski definition) is 4. The number of thiazole rings is 1. The van der Waals surface area contributed by atoms with E-state index in [1.165, 1.54) is 0 Å². The number of nitrogens with one attached hydrogen (secondary N) is 1. The molecule has 1 rings (SSSR count). The van der Waals surface area contributed by atoms with Gasteiger partial charge in [-0.2, -0.15) is 5.26 Å². The minimum absolute atomic E-state index is 0.0430. The van der Waals surface area contributed by atoms with Crippen LogP contribution in [0.15, 0.2) is 18.0 Å². The van der Waals surface area contributed by atoms with Crippen LogP contribution in [-0.4, -0.2) is 11.5 Å². The quantitative estimate of drug-likeness (QED) is 0.816. The lowest BCUT2D eigenvalue weighted by Gasteiger charge is -2.14. The molecule has 4 heteroatoms. The zero-order chi connectivity index (χ0) is 12.2. The molecular weight excluding hydrogens is 218 g/mol. The second kappa shape index (κ2) is 5.24. The smallest absolute Gasteiger partial charge is 0.139 e. The van der Waals surface area contributed by atoms with Gasteiger partial charge >= 0.3 is 0 Å². The van der Waals surface area contributed by atoms with Crippen LogP contribution in [-0.2, 0) is 5.41 Å². The van der Waals surface area contributed by atoms with E-state index < -0.39 is 0 Å². The molecule has 0 saturated heterocycles. The highest BCUT2D eigenvalue weighted by atomic mass is 32.1. The molecule has 16 heavy (non-hydrogen) atoms. The van der Waals surface area contributed by atoms with Crippen molar-refractivity contribution in [1.82, 2.24) is 10.3 Å². The predicted molar refractivity (Wildman–Crippen MR) is 67.4 cm³/mol. The highest BCUT2D eigenvalue weighted by Crippen LogP contribution is 2.27. The minimum atomic E-state index is -0.342. The maximum absolute atomic E-state index is 9.04. The zero-order valence-corrected chi connectivity index (χ0v) is 10.8. The number of nitrogens with zero attached hydrogens (tertiary/aromatic N) is 2. The third-order valence-corrected chi connectivity index (χ3v) is 3.34. The van der Waals surface area contributed by atoms with E-state index in [9.17, 15) is 0 Å². The summed E-state index contributed by atoms with van der Waals surface area (Å²) in [5, 5.41) is 15.1. The highest BCUT2D eigenvalue weighted by molar-refractivity contribution is 7.09. The van der Waals surface area contributed by atoms with Crippen molar-refractivity contribution in [3.8, 4) is 6.07 Å². The summed E-state index contributed by atoms with van der Waals surface area (Å²) in [4.78, 5) is 4.50. The molecule has 1 heterocycles. The summed E-state index contributed by atoms with van der Waals surface area (Å²) in [6.07, 6.45) is 1.74. The van der Waals surface area contributed by atoms with E-state index in [1.807, 2.05) is 5.38 Å². The molecule has 1 N–H and O–H groups in total. The van der Waals surface area contributed by atoms with Crippen LogP contribution in [0.3, 0.4) is 0 Å². The average molecular weight is 235 g/mol. The van der Waals surface area contributed by atoms with Crippen molar-refractivity contribution in [3.63, 3.8) is 0 Å². The van der Waals surface area contributed by atoms with E-state index in [2.05, 4.69) is 43.7 Å². The van der Waals surface area contributed by atoms with Crippen LogP contribution in [0.4, 0.5) is 0 Å². The Kier molecular flexibility index (Phi) is 4.22. The molecule has 1 atom stereocenters. The fourth-order valence-electron chi connectivity index (χ4n) is 1.18. The Balaban J connectivity index is 2.84. The van der Waals surface area contributed by atoms with Gasteiger partial charge in [-0.15, -0.1) is 17.9 Å². The summed E-state index contributed by atoms with van der Waals surface area (Å²) >= 11 is 1.61. The van der Waals surface area contributed by atoms with Gasteiger partial charge in [0.25, 0.3) is 0 Å². The van der Waals surface area contributed by atoms with Crippen molar-refractivity contribution < 1.29 is 0 Å². The van der Waals surface area contributed by atoms with Gasteiger partial charge in [-0.3, -0.25) is 5.32 Å². The van der Waals surface area contributed by atoms with E-state index in [1.54, 1.807) is 17.4 Å². The molecule has 0 bridgehead atoms. The van der Waals surface area contributed by atoms with Gasteiger partial charge < -0.3 is 0 Å². The van der Waals surface area contributed by atoms with Gasteiger partial charge in [0.15, 0.2) is 0 Å². The largest absolute Gasteiger partial charge is 0.293 e. The Bertz CT molecular complexity index is 395. The lowest BCUT2D eigenvalue weighted by atomic mass is 9.98. The van der Waals surface area contributed by atoms with Crippen LogP contribution in [0, 0.1) is 11.3 Å². The van der Waals surface area contributed by atoms with Crippen LogP contribution in [0.25, 0.3) is 0 Å². The Morgan fingerprint density at radius 2 is 2.38 bits per heavy atom. The number of rotatable bonds is 4. The summed E-state index contributed by atoms with van der Waals surface area (Å²) in [6.45, 7) is 10.6. The van der Waals surface area contributed by atoms with Gasteiger partial charge in [0.05, 0.1) is 16.8 Å². The van der Waals surface area contributed by atoms with Crippen molar-refractivity contribution in [3.05, 3.63) is 28.7 Å². The van der Waals surface area contributed by atoms with Crippen LogP contribution in [0.5, 0.6) is 0 Å².